The van der Waals surface area contributed by atoms with Gasteiger partial charge in [0.1, 0.15) is 6.04 Å². The molecule has 0 spiro atoms. The molecule has 0 aromatic heterocycles. The summed E-state index contributed by atoms with van der Waals surface area (Å²) < 4.78 is 0. The average Bonchev–Trinajstić information content (AvgIpc) is 3.25. The Balaban J connectivity index is 1.63. The molecule has 2 aromatic rings. The van der Waals surface area contributed by atoms with Gasteiger partial charge in [-0.1, -0.05) is 35.9 Å². The van der Waals surface area contributed by atoms with E-state index in [9.17, 15) is 9.59 Å². The smallest absolute Gasteiger partial charge is 0.249 e. The lowest BCUT2D eigenvalue weighted by atomic mass is 10.1. The van der Waals surface area contributed by atoms with Crippen molar-refractivity contribution in [2.45, 2.75) is 32.4 Å². The molecule has 9 heteroatoms. The summed E-state index contributed by atoms with van der Waals surface area (Å²) in [6.45, 7) is 2.77. The number of hydrogen-bond acceptors (Lipinski definition) is 5. The first kappa shape index (κ1) is 22.6. The van der Waals surface area contributed by atoms with Gasteiger partial charge in [-0.3, -0.25) is 14.9 Å². The second-order valence-electron chi connectivity index (χ2n) is 7.40. The van der Waals surface area contributed by atoms with Gasteiger partial charge in [-0.15, -0.1) is 0 Å². The van der Waals surface area contributed by atoms with E-state index in [0.29, 0.717) is 10.7 Å². The zero-order valence-electron chi connectivity index (χ0n) is 17.4. The Bertz CT molecular complexity index is 956. The van der Waals surface area contributed by atoms with E-state index in [1.807, 2.05) is 43.3 Å². The molecular formula is C22H27ClN6O2. The molecule has 164 valence electrons. The Hall–Kier alpha value is -3.10. The van der Waals surface area contributed by atoms with Gasteiger partial charge in [0.2, 0.25) is 11.8 Å². The fourth-order valence-corrected chi connectivity index (χ4v) is 3.99. The maximum atomic E-state index is 12.7. The molecule has 2 aromatic carbocycles. The molecule has 1 atom stereocenters. The summed E-state index contributed by atoms with van der Waals surface area (Å²) in [4.78, 5) is 30.6. The van der Waals surface area contributed by atoms with Crippen LogP contribution in [0.5, 0.6) is 0 Å². The van der Waals surface area contributed by atoms with Gasteiger partial charge in [0, 0.05) is 12.2 Å². The third-order valence-corrected chi connectivity index (χ3v) is 5.42. The number of benzene rings is 2. The summed E-state index contributed by atoms with van der Waals surface area (Å²) in [5, 5.41) is 5.77. The molecule has 1 aliphatic heterocycles. The molecule has 2 amide bonds. The molecule has 0 bridgehead atoms. The van der Waals surface area contributed by atoms with E-state index in [2.05, 4.69) is 20.5 Å². The van der Waals surface area contributed by atoms with Crippen LogP contribution in [-0.4, -0.2) is 36.9 Å². The van der Waals surface area contributed by atoms with Crippen LogP contribution in [0.1, 0.15) is 24.0 Å². The number of halogens is 1. The summed E-state index contributed by atoms with van der Waals surface area (Å²) in [7, 11) is 0. The number of nitrogens with one attached hydrogen (secondary N) is 2. The monoisotopic (exact) mass is 442 g/mol. The zero-order valence-corrected chi connectivity index (χ0v) is 18.2. The van der Waals surface area contributed by atoms with Gasteiger partial charge < -0.3 is 21.7 Å². The molecule has 1 aliphatic rings. The third kappa shape index (κ3) is 5.74. The van der Waals surface area contributed by atoms with Crippen molar-refractivity contribution < 1.29 is 9.59 Å². The van der Waals surface area contributed by atoms with Crippen molar-refractivity contribution in [1.29, 1.82) is 0 Å². The predicted octanol–water partition coefficient (Wildman–Crippen LogP) is 2.15. The summed E-state index contributed by atoms with van der Waals surface area (Å²) in [6, 6.07) is 13.1. The van der Waals surface area contributed by atoms with E-state index in [-0.39, 0.29) is 36.9 Å². The normalized spacial score (nSPS) is 16.3. The fraction of sp³-hybridized carbons (Fsp3) is 0.318. The highest BCUT2D eigenvalue weighted by Crippen LogP contribution is 2.28. The lowest BCUT2D eigenvalue weighted by Gasteiger charge is -2.25. The lowest BCUT2D eigenvalue weighted by molar-refractivity contribution is -0.120. The van der Waals surface area contributed by atoms with Gasteiger partial charge in [0.05, 0.1) is 23.8 Å². The number of anilines is 2. The van der Waals surface area contributed by atoms with Gasteiger partial charge in [-0.2, -0.15) is 0 Å². The van der Waals surface area contributed by atoms with Crippen molar-refractivity contribution >= 4 is 40.7 Å². The van der Waals surface area contributed by atoms with Crippen molar-refractivity contribution in [3.8, 4) is 0 Å². The van der Waals surface area contributed by atoms with E-state index in [1.54, 1.807) is 6.07 Å². The molecule has 0 saturated carbocycles. The van der Waals surface area contributed by atoms with E-state index in [1.165, 1.54) is 0 Å². The minimum absolute atomic E-state index is 0.0548. The van der Waals surface area contributed by atoms with Crippen LogP contribution < -0.4 is 27.0 Å². The first-order valence-corrected chi connectivity index (χ1v) is 10.5. The third-order valence-electron chi connectivity index (χ3n) is 5.12. The van der Waals surface area contributed by atoms with Crippen LogP contribution in [-0.2, 0) is 16.1 Å². The topological polar surface area (TPSA) is 126 Å². The lowest BCUT2D eigenvalue weighted by Crippen LogP contribution is -2.48. The summed E-state index contributed by atoms with van der Waals surface area (Å²) in [5.74, 6) is -0.435. The molecule has 1 heterocycles. The number of guanidine groups is 1. The van der Waals surface area contributed by atoms with Gasteiger partial charge in [0.25, 0.3) is 0 Å². The van der Waals surface area contributed by atoms with Crippen molar-refractivity contribution in [2.24, 2.45) is 16.5 Å². The van der Waals surface area contributed by atoms with E-state index in [0.717, 1.165) is 36.2 Å². The number of para-hydroxylation sites is 1. The molecule has 0 radical (unpaired) electrons. The van der Waals surface area contributed by atoms with Crippen molar-refractivity contribution in [3.05, 3.63) is 58.6 Å². The first-order valence-electron chi connectivity index (χ1n) is 10.1. The summed E-state index contributed by atoms with van der Waals surface area (Å²) in [5.41, 5.74) is 14.4. The predicted molar refractivity (Wildman–Crippen MR) is 124 cm³/mol. The average molecular weight is 443 g/mol. The number of nitrogens with two attached hydrogens (primary N) is 2. The molecule has 0 unspecified atom stereocenters. The highest BCUT2D eigenvalue weighted by Gasteiger charge is 2.31. The molecular weight excluding hydrogens is 416 g/mol. The van der Waals surface area contributed by atoms with Gasteiger partial charge in [0.15, 0.2) is 5.96 Å². The van der Waals surface area contributed by atoms with Crippen molar-refractivity contribution in [1.82, 2.24) is 5.32 Å². The second-order valence-corrected chi connectivity index (χ2v) is 7.81. The molecule has 3 rings (SSSR count). The Labute approximate surface area is 186 Å². The second kappa shape index (κ2) is 10.3. The molecule has 31 heavy (non-hydrogen) atoms. The maximum Gasteiger partial charge on any atom is 0.249 e. The van der Waals surface area contributed by atoms with Crippen molar-refractivity contribution in [2.75, 3.05) is 23.3 Å². The Morgan fingerprint density at radius 1 is 1.26 bits per heavy atom. The number of hydrogen-bond donors (Lipinski definition) is 4. The number of amides is 2. The van der Waals surface area contributed by atoms with E-state index in [4.69, 9.17) is 23.1 Å². The summed E-state index contributed by atoms with van der Waals surface area (Å²) >= 11 is 6.29. The molecule has 1 saturated heterocycles. The van der Waals surface area contributed by atoms with Crippen LogP contribution in [0.15, 0.2) is 47.5 Å². The Morgan fingerprint density at radius 3 is 2.68 bits per heavy atom. The maximum absolute atomic E-state index is 12.7. The highest BCUT2D eigenvalue weighted by molar-refractivity contribution is 6.34. The van der Waals surface area contributed by atoms with Crippen LogP contribution in [0.2, 0.25) is 5.02 Å². The van der Waals surface area contributed by atoms with Crippen LogP contribution in [0, 0.1) is 6.92 Å². The summed E-state index contributed by atoms with van der Waals surface area (Å²) in [6.07, 6.45) is 1.70. The van der Waals surface area contributed by atoms with Crippen LogP contribution in [0.25, 0.3) is 0 Å². The van der Waals surface area contributed by atoms with Gasteiger partial charge >= 0.3 is 0 Å². The number of carbonyl (C=O) groups excluding carboxylic acids is 2. The Kier molecular flexibility index (Phi) is 7.49. The largest absolute Gasteiger partial charge is 0.370 e. The fourth-order valence-electron chi connectivity index (χ4n) is 3.65. The zero-order chi connectivity index (χ0) is 22.4. The van der Waals surface area contributed by atoms with Crippen LogP contribution in [0.4, 0.5) is 11.4 Å². The van der Waals surface area contributed by atoms with E-state index < -0.39 is 0 Å². The van der Waals surface area contributed by atoms with Crippen LogP contribution in [0.3, 0.4) is 0 Å². The standard InChI is InChI=1S/C22H27ClN6O2/c1-14-10-15(11-17(23)20(14)27-19(30)12-24)13-26-22(25)28-21(31)18-8-5-9-29(18)16-6-3-2-4-7-16/h2-4,6-7,10-11,18H,5,8-9,12-13,24H2,1H3,(H,27,30)(H3,25,26,28,31)/t18-/m0/s1. The number of rotatable bonds is 6. The van der Waals surface area contributed by atoms with E-state index >= 15 is 0 Å². The molecule has 0 aliphatic carbocycles. The minimum Gasteiger partial charge on any atom is -0.370 e. The minimum atomic E-state index is -0.320. The Morgan fingerprint density at radius 2 is 2.00 bits per heavy atom. The number of carbonyl (C=O) groups is 2. The molecule has 6 N–H and O–H groups in total. The van der Waals surface area contributed by atoms with Gasteiger partial charge in [-0.05, 0) is 49.1 Å². The van der Waals surface area contributed by atoms with Gasteiger partial charge in [-0.25, -0.2) is 4.99 Å². The van der Waals surface area contributed by atoms with Crippen molar-refractivity contribution in [3.63, 3.8) is 0 Å². The highest BCUT2D eigenvalue weighted by atomic mass is 35.5. The molecule has 8 nitrogen and oxygen atoms in total. The number of nitrogens with zero attached hydrogens (tertiary/aromatic N) is 2. The number of aryl methyl sites for hydroxylation is 1. The van der Waals surface area contributed by atoms with Crippen LogP contribution >= 0.6 is 11.6 Å². The molecule has 1 fully saturated rings. The SMILES string of the molecule is Cc1cc(CN=C(N)NC(=O)[C@@H]2CCCN2c2ccccc2)cc(Cl)c1NC(=O)CN. The quantitative estimate of drug-likeness (QED) is 0.403. The number of aliphatic imine (C=N–C) groups is 1. The first-order chi connectivity index (χ1) is 14.9.